The lowest BCUT2D eigenvalue weighted by molar-refractivity contribution is 0.973. The number of allylic oxidation sites excluding steroid dienone is 6. The largest absolute Gasteiger partial charge is 0.384 e. The highest BCUT2D eigenvalue weighted by molar-refractivity contribution is 9.10. The van der Waals surface area contributed by atoms with Crippen molar-refractivity contribution in [3.63, 3.8) is 0 Å². The number of anilines is 1. The van der Waals surface area contributed by atoms with Crippen molar-refractivity contribution >= 4 is 32.8 Å². The van der Waals surface area contributed by atoms with Gasteiger partial charge in [-0.05, 0) is 45.6 Å². The zero-order chi connectivity index (χ0) is 12.5. The molecule has 1 aliphatic rings. The van der Waals surface area contributed by atoms with Crippen LogP contribution in [0, 0.1) is 0 Å². The quantitative estimate of drug-likeness (QED) is 0.875. The molecule has 2 heterocycles. The number of halogens is 1. The predicted molar refractivity (Wildman–Crippen MR) is 78.2 cm³/mol. The molecule has 0 saturated carbocycles. The van der Waals surface area contributed by atoms with Crippen LogP contribution >= 0.6 is 15.9 Å². The van der Waals surface area contributed by atoms with Gasteiger partial charge in [0.25, 0.3) is 0 Å². The fourth-order valence-electron chi connectivity index (χ4n) is 2.04. The summed E-state index contributed by atoms with van der Waals surface area (Å²) in [6.07, 6.45) is 13.2. The molecule has 0 saturated heterocycles. The van der Waals surface area contributed by atoms with Crippen LogP contribution in [0.1, 0.15) is 12.0 Å². The highest BCUT2D eigenvalue weighted by atomic mass is 79.9. The third-order valence-electron chi connectivity index (χ3n) is 2.93. The Morgan fingerprint density at radius 2 is 2.17 bits per heavy atom. The summed E-state index contributed by atoms with van der Waals surface area (Å²) in [5.74, 6) is 0.639. The Morgan fingerprint density at radius 1 is 1.28 bits per heavy atom. The Bertz CT molecular complexity index is 692. The fraction of sp³-hybridized carbons (Fsp3) is 0.0714. The first-order valence-electron chi connectivity index (χ1n) is 5.72. The van der Waals surface area contributed by atoms with Gasteiger partial charge in [-0.15, -0.1) is 0 Å². The number of nitrogens with two attached hydrogens (primary N) is 1. The second-order valence-electron chi connectivity index (χ2n) is 4.14. The van der Waals surface area contributed by atoms with Gasteiger partial charge in [0, 0.05) is 0 Å². The molecule has 0 unspecified atom stereocenters. The zero-order valence-corrected chi connectivity index (χ0v) is 11.3. The Balaban J connectivity index is 2.18. The highest BCUT2D eigenvalue weighted by Crippen LogP contribution is 2.26. The molecular weight excluding hydrogens is 290 g/mol. The van der Waals surface area contributed by atoms with Crippen molar-refractivity contribution in [1.82, 2.24) is 9.61 Å². The average Bonchev–Trinajstić information content (AvgIpc) is 2.61. The molecule has 0 aromatic carbocycles. The topological polar surface area (TPSA) is 43.3 Å². The smallest absolute Gasteiger partial charge is 0.126 e. The molecule has 18 heavy (non-hydrogen) atoms. The maximum absolute atomic E-state index is 6.03. The van der Waals surface area contributed by atoms with E-state index in [4.69, 9.17) is 5.73 Å². The highest BCUT2D eigenvalue weighted by Gasteiger charge is 2.08. The summed E-state index contributed by atoms with van der Waals surface area (Å²) >= 11 is 3.49. The van der Waals surface area contributed by atoms with Crippen molar-refractivity contribution in [2.75, 3.05) is 5.73 Å². The van der Waals surface area contributed by atoms with Crippen molar-refractivity contribution in [2.24, 2.45) is 0 Å². The van der Waals surface area contributed by atoms with Crippen molar-refractivity contribution in [3.8, 4) is 0 Å². The van der Waals surface area contributed by atoms with E-state index in [1.165, 1.54) is 5.57 Å². The number of pyridine rings is 1. The first-order chi connectivity index (χ1) is 8.75. The van der Waals surface area contributed by atoms with E-state index < -0.39 is 0 Å². The Hall–Kier alpha value is -1.81. The third-order valence-corrected chi connectivity index (χ3v) is 3.54. The predicted octanol–water partition coefficient (Wildman–Crippen LogP) is 3.58. The molecule has 0 atom stereocenters. The molecule has 4 heteroatoms. The maximum Gasteiger partial charge on any atom is 0.126 e. The Labute approximate surface area is 113 Å². The standard InChI is InChI=1S/C14H12BrN3/c15-12-9-17-18-13(12)7-11(8-14(18)16)10-5-3-1-2-4-6-10/h1-3,5-9H,4,16H2. The van der Waals surface area contributed by atoms with Crippen LogP contribution in [0.2, 0.25) is 0 Å². The summed E-state index contributed by atoms with van der Waals surface area (Å²) in [5, 5.41) is 4.22. The molecule has 0 amide bonds. The summed E-state index contributed by atoms with van der Waals surface area (Å²) < 4.78 is 2.68. The molecule has 1 aliphatic carbocycles. The molecule has 3 nitrogen and oxygen atoms in total. The minimum atomic E-state index is 0.639. The van der Waals surface area contributed by atoms with Crippen LogP contribution in [0.25, 0.3) is 11.1 Å². The lowest BCUT2D eigenvalue weighted by Crippen LogP contribution is -1.99. The molecular formula is C14H12BrN3. The number of rotatable bonds is 1. The summed E-state index contributed by atoms with van der Waals surface area (Å²) in [6.45, 7) is 0. The molecule has 0 spiro atoms. The van der Waals surface area contributed by atoms with E-state index >= 15 is 0 Å². The first kappa shape index (κ1) is 11.3. The average molecular weight is 302 g/mol. The van der Waals surface area contributed by atoms with E-state index in [2.05, 4.69) is 51.4 Å². The van der Waals surface area contributed by atoms with Gasteiger partial charge in [0.15, 0.2) is 0 Å². The van der Waals surface area contributed by atoms with E-state index in [9.17, 15) is 0 Å². The van der Waals surface area contributed by atoms with Crippen LogP contribution in [-0.2, 0) is 0 Å². The van der Waals surface area contributed by atoms with Gasteiger partial charge >= 0.3 is 0 Å². The minimum absolute atomic E-state index is 0.639. The maximum atomic E-state index is 6.03. The summed E-state index contributed by atoms with van der Waals surface area (Å²) in [4.78, 5) is 0. The van der Waals surface area contributed by atoms with Gasteiger partial charge in [0.05, 0.1) is 16.2 Å². The number of fused-ring (bicyclic) bond motifs is 1. The van der Waals surface area contributed by atoms with Crippen molar-refractivity contribution < 1.29 is 0 Å². The van der Waals surface area contributed by atoms with Gasteiger partial charge in [-0.1, -0.05) is 30.4 Å². The molecule has 3 rings (SSSR count). The molecule has 0 fully saturated rings. The minimum Gasteiger partial charge on any atom is -0.384 e. The lowest BCUT2D eigenvalue weighted by atomic mass is 10.1. The van der Waals surface area contributed by atoms with Gasteiger partial charge in [-0.3, -0.25) is 0 Å². The summed E-state index contributed by atoms with van der Waals surface area (Å²) in [5.41, 5.74) is 9.31. The van der Waals surface area contributed by atoms with E-state index in [1.54, 1.807) is 10.7 Å². The van der Waals surface area contributed by atoms with Gasteiger partial charge in [-0.25, -0.2) is 4.52 Å². The van der Waals surface area contributed by atoms with Crippen LogP contribution in [-0.4, -0.2) is 9.61 Å². The molecule has 0 bridgehead atoms. The zero-order valence-electron chi connectivity index (χ0n) is 9.68. The van der Waals surface area contributed by atoms with Crippen molar-refractivity contribution in [1.29, 1.82) is 0 Å². The second kappa shape index (κ2) is 4.46. The summed E-state index contributed by atoms with van der Waals surface area (Å²) in [7, 11) is 0. The molecule has 2 N–H and O–H groups in total. The monoisotopic (exact) mass is 301 g/mol. The van der Waals surface area contributed by atoms with Crippen molar-refractivity contribution in [3.05, 3.63) is 58.7 Å². The number of aromatic nitrogens is 2. The SMILES string of the molecule is Nc1cc(C2=CCC=CC=C2)cc2c(Br)cnn12. The van der Waals surface area contributed by atoms with Gasteiger partial charge in [0.2, 0.25) is 0 Å². The number of nitrogen functional groups attached to an aromatic ring is 1. The van der Waals surface area contributed by atoms with Crippen LogP contribution in [0.15, 0.2) is 53.2 Å². The third kappa shape index (κ3) is 1.88. The second-order valence-corrected chi connectivity index (χ2v) is 5.00. The number of nitrogens with zero attached hydrogens (tertiary/aromatic N) is 2. The van der Waals surface area contributed by atoms with E-state index in [0.29, 0.717) is 5.82 Å². The van der Waals surface area contributed by atoms with Gasteiger partial charge < -0.3 is 5.73 Å². The Morgan fingerprint density at radius 3 is 3.06 bits per heavy atom. The van der Waals surface area contributed by atoms with Gasteiger partial charge in [-0.2, -0.15) is 5.10 Å². The molecule has 0 radical (unpaired) electrons. The van der Waals surface area contributed by atoms with Gasteiger partial charge in [0.1, 0.15) is 5.82 Å². The first-order valence-corrected chi connectivity index (χ1v) is 6.51. The molecule has 2 aromatic rings. The molecule has 0 aliphatic heterocycles. The number of hydrogen-bond acceptors (Lipinski definition) is 2. The van der Waals surface area contributed by atoms with E-state index in [0.717, 1.165) is 22.0 Å². The van der Waals surface area contributed by atoms with Crippen LogP contribution in [0.3, 0.4) is 0 Å². The lowest BCUT2D eigenvalue weighted by Gasteiger charge is -2.06. The molecule has 2 aromatic heterocycles. The van der Waals surface area contributed by atoms with Crippen LogP contribution in [0.4, 0.5) is 5.82 Å². The van der Waals surface area contributed by atoms with Crippen molar-refractivity contribution in [2.45, 2.75) is 6.42 Å². The fourth-order valence-corrected chi connectivity index (χ4v) is 2.42. The molecule has 90 valence electrons. The summed E-state index contributed by atoms with van der Waals surface area (Å²) in [6, 6.07) is 4.04. The van der Waals surface area contributed by atoms with E-state index in [1.807, 2.05) is 12.1 Å². The Kier molecular flexibility index (Phi) is 2.80. The van der Waals surface area contributed by atoms with E-state index in [-0.39, 0.29) is 0 Å². The normalized spacial score (nSPS) is 14.8. The van der Waals surface area contributed by atoms with Crippen LogP contribution in [0.5, 0.6) is 0 Å². The van der Waals surface area contributed by atoms with Crippen LogP contribution < -0.4 is 5.73 Å². The number of hydrogen-bond donors (Lipinski definition) is 1.